The zero-order valence-corrected chi connectivity index (χ0v) is 17.6. The first-order valence-electron chi connectivity index (χ1n) is 10.4. The molecule has 0 bridgehead atoms. The summed E-state index contributed by atoms with van der Waals surface area (Å²) in [5.41, 5.74) is 2.11. The van der Waals surface area contributed by atoms with E-state index >= 15 is 0 Å². The monoisotopic (exact) mass is 420 g/mol. The summed E-state index contributed by atoms with van der Waals surface area (Å²) in [6.07, 6.45) is 4.20. The molecule has 3 aromatic rings. The first-order chi connectivity index (χ1) is 14.6. The van der Waals surface area contributed by atoms with Gasteiger partial charge < -0.3 is 14.2 Å². The third-order valence-corrected chi connectivity index (χ3v) is 7.44. The van der Waals surface area contributed by atoms with Crippen LogP contribution in [0.25, 0.3) is 10.4 Å². The summed E-state index contributed by atoms with van der Waals surface area (Å²) in [4.78, 5) is 29.2. The quantitative estimate of drug-likeness (QED) is 0.650. The minimum atomic E-state index is -0.294. The lowest BCUT2D eigenvalue weighted by molar-refractivity contribution is -0.141. The van der Waals surface area contributed by atoms with E-state index in [2.05, 4.69) is 30.3 Å². The SMILES string of the molecule is O=C(Cn1ccccc1=O)N1CCC2(CC1)OCCc1sc(-c3ccccc3)cc12. The molecule has 6 heteroatoms. The van der Waals surface area contributed by atoms with Crippen LogP contribution in [0.2, 0.25) is 0 Å². The molecule has 4 heterocycles. The molecule has 1 aromatic carbocycles. The minimum Gasteiger partial charge on any atom is -0.370 e. The van der Waals surface area contributed by atoms with Crippen LogP contribution in [-0.4, -0.2) is 35.1 Å². The number of hydrogen-bond acceptors (Lipinski definition) is 4. The maximum Gasteiger partial charge on any atom is 0.250 e. The van der Waals surface area contributed by atoms with Gasteiger partial charge in [-0.15, -0.1) is 11.3 Å². The van der Waals surface area contributed by atoms with Gasteiger partial charge in [0.15, 0.2) is 0 Å². The Kier molecular flexibility index (Phi) is 5.05. The van der Waals surface area contributed by atoms with E-state index in [-0.39, 0.29) is 23.6 Å². The number of benzene rings is 1. The van der Waals surface area contributed by atoms with Crippen molar-refractivity contribution in [3.05, 3.63) is 81.6 Å². The molecule has 2 aromatic heterocycles. The minimum absolute atomic E-state index is 0.00974. The van der Waals surface area contributed by atoms with E-state index in [1.54, 1.807) is 18.3 Å². The van der Waals surface area contributed by atoms with Gasteiger partial charge in [-0.25, -0.2) is 0 Å². The molecule has 0 unspecified atom stereocenters. The molecule has 1 spiro atoms. The zero-order chi connectivity index (χ0) is 20.6. The number of hydrogen-bond donors (Lipinski definition) is 0. The molecule has 154 valence electrons. The Hall–Kier alpha value is -2.70. The van der Waals surface area contributed by atoms with Crippen molar-refractivity contribution in [2.45, 2.75) is 31.4 Å². The van der Waals surface area contributed by atoms with Crippen LogP contribution in [0.4, 0.5) is 0 Å². The average molecular weight is 421 g/mol. The topological polar surface area (TPSA) is 51.5 Å². The van der Waals surface area contributed by atoms with Crippen LogP contribution in [-0.2, 0) is 28.1 Å². The third kappa shape index (κ3) is 3.50. The van der Waals surface area contributed by atoms with Gasteiger partial charge in [-0.3, -0.25) is 9.59 Å². The van der Waals surface area contributed by atoms with Crippen molar-refractivity contribution in [1.29, 1.82) is 0 Å². The average Bonchev–Trinajstić information content (AvgIpc) is 3.23. The number of carbonyl (C=O) groups excluding carboxylic acids is 1. The highest BCUT2D eigenvalue weighted by molar-refractivity contribution is 7.15. The van der Waals surface area contributed by atoms with E-state index in [0.29, 0.717) is 13.1 Å². The summed E-state index contributed by atoms with van der Waals surface area (Å²) in [5, 5.41) is 0. The molecule has 1 fully saturated rings. The smallest absolute Gasteiger partial charge is 0.250 e. The number of ether oxygens (including phenoxy) is 1. The molecule has 1 amide bonds. The van der Waals surface area contributed by atoms with Crippen LogP contribution in [0.1, 0.15) is 23.3 Å². The van der Waals surface area contributed by atoms with Gasteiger partial charge >= 0.3 is 0 Å². The van der Waals surface area contributed by atoms with Crippen molar-refractivity contribution >= 4 is 17.2 Å². The summed E-state index contributed by atoms with van der Waals surface area (Å²) in [5.74, 6) is -0.00974. The van der Waals surface area contributed by atoms with Crippen LogP contribution in [0, 0.1) is 0 Å². The number of nitrogens with zero attached hydrogens (tertiary/aromatic N) is 2. The Morgan fingerprint density at radius 2 is 1.83 bits per heavy atom. The van der Waals surface area contributed by atoms with Gasteiger partial charge in [-0.1, -0.05) is 36.4 Å². The number of carbonyl (C=O) groups is 1. The molecule has 30 heavy (non-hydrogen) atoms. The molecule has 0 saturated carbocycles. The number of thiophene rings is 1. The second-order valence-electron chi connectivity index (χ2n) is 7.95. The summed E-state index contributed by atoms with van der Waals surface area (Å²) >= 11 is 1.87. The van der Waals surface area contributed by atoms with Gasteiger partial charge in [0.1, 0.15) is 6.54 Å². The van der Waals surface area contributed by atoms with Gasteiger partial charge in [0, 0.05) is 41.5 Å². The predicted molar refractivity (Wildman–Crippen MR) is 118 cm³/mol. The number of piperidine rings is 1. The van der Waals surface area contributed by atoms with Gasteiger partial charge in [-0.05, 0) is 36.1 Å². The van der Waals surface area contributed by atoms with Gasteiger partial charge in [0.05, 0.1) is 12.2 Å². The van der Waals surface area contributed by atoms with Crippen LogP contribution < -0.4 is 5.56 Å². The van der Waals surface area contributed by atoms with Crippen molar-refractivity contribution < 1.29 is 9.53 Å². The van der Waals surface area contributed by atoms with Gasteiger partial charge in [-0.2, -0.15) is 0 Å². The Morgan fingerprint density at radius 1 is 1.07 bits per heavy atom. The van der Waals surface area contributed by atoms with Crippen molar-refractivity contribution in [3.8, 4) is 10.4 Å². The fraction of sp³-hybridized carbons (Fsp3) is 0.333. The maximum atomic E-state index is 12.8. The summed E-state index contributed by atoms with van der Waals surface area (Å²) in [6.45, 7) is 2.12. The van der Waals surface area contributed by atoms with Crippen molar-refractivity contribution in [2.24, 2.45) is 0 Å². The van der Waals surface area contributed by atoms with Gasteiger partial charge in [0.25, 0.3) is 5.56 Å². The lowest BCUT2D eigenvalue weighted by Gasteiger charge is -2.44. The number of rotatable bonds is 3. The van der Waals surface area contributed by atoms with Crippen molar-refractivity contribution in [3.63, 3.8) is 0 Å². The van der Waals surface area contributed by atoms with Gasteiger partial charge in [0.2, 0.25) is 5.91 Å². The Balaban J connectivity index is 1.33. The second kappa shape index (κ2) is 7.85. The number of fused-ring (bicyclic) bond motifs is 2. The highest BCUT2D eigenvalue weighted by Crippen LogP contribution is 2.46. The molecule has 0 aliphatic carbocycles. The molecule has 0 N–H and O–H groups in total. The predicted octanol–water partition coefficient (Wildman–Crippen LogP) is 3.67. The first kappa shape index (κ1) is 19.3. The highest BCUT2D eigenvalue weighted by Gasteiger charge is 2.42. The first-order valence-corrected chi connectivity index (χ1v) is 11.2. The lowest BCUT2D eigenvalue weighted by Crippen LogP contribution is -2.49. The van der Waals surface area contributed by atoms with E-state index in [9.17, 15) is 9.59 Å². The molecule has 5 rings (SSSR count). The molecule has 0 atom stereocenters. The fourth-order valence-electron chi connectivity index (χ4n) is 4.53. The summed E-state index contributed by atoms with van der Waals surface area (Å²) in [6, 6.07) is 17.7. The normalized spacial score (nSPS) is 17.7. The number of pyridine rings is 1. The Morgan fingerprint density at radius 3 is 2.60 bits per heavy atom. The molecular formula is C24H24N2O3S. The molecule has 2 aliphatic rings. The zero-order valence-electron chi connectivity index (χ0n) is 16.8. The van der Waals surface area contributed by atoms with E-state index < -0.39 is 0 Å². The molecule has 1 saturated heterocycles. The van der Waals surface area contributed by atoms with Crippen LogP contribution >= 0.6 is 11.3 Å². The number of amides is 1. The van der Waals surface area contributed by atoms with Crippen LogP contribution in [0.5, 0.6) is 0 Å². The van der Waals surface area contributed by atoms with Crippen LogP contribution in [0.15, 0.2) is 65.6 Å². The van der Waals surface area contributed by atoms with Crippen LogP contribution in [0.3, 0.4) is 0 Å². The molecular weight excluding hydrogens is 396 g/mol. The second-order valence-corrected chi connectivity index (χ2v) is 9.09. The standard InChI is InChI=1S/C24H24N2O3S/c27-22-8-4-5-12-26(22)17-23(28)25-13-10-24(11-14-25)19-16-21(18-6-2-1-3-7-18)30-20(19)9-15-29-24/h1-8,12,16H,9-11,13-15,17H2. The summed E-state index contributed by atoms with van der Waals surface area (Å²) in [7, 11) is 0. The lowest BCUT2D eigenvalue weighted by atomic mass is 9.82. The summed E-state index contributed by atoms with van der Waals surface area (Å²) < 4.78 is 7.83. The van der Waals surface area contributed by atoms with Crippen molar-refractivity contribution in [2.75, 3.05) is 19.7 Å². The number of likely N-dealkylation sites (tertiary alicyclic amines) is 1. The fourth-order valence-corrected chi connectivity index (χ4v) is 5.77. The van der Waals surface area contributed by atoms with E-state index in [1.165, 1.54) is 31.5 Å². The molecule has 2 aliphatic heterocycles. The third-order valence-electron chi connectivity index (χ3n) is 6.19. The van der Waals surface area contributed by atoms with E-state index in [1.807, 2.05) is 22.3 Å². The largest absolute Gasteiger partial charge is 0.370 e. The molecule has 5 nitrogen and oxygen atoms in total. The van der Waals surface area contributed by atoms with E-state index in [0.717, 1.165) is 25.9 Å². The Labute approximate surface area is 179 Å². The van der Waals surface area contributed by atoms with E-state index in [4.69, 9.17) is 4.74 Å². The Bertz CT molecular complexity index is 1110. The highest BCUT2D eigenvalue weighted by atomic mass is 32.1. The molecule has 0 radical (unpaired) electrons. The maximum absolute atomic E-state index is 12.8. The number of aromatic nitrogens is 1. The van der Waals surface area contributed by atoms with Crippen molar-refractivity contribution in [1.82, 2.24) is 9.47 Å².